The van der Waals surface area contributed by atoms with Gasteiger partial charge in [0, 0.05) is 0 Å². The van der Waals surface area contributed by atoms with Crippen molar-refractivity contribution >= 4 is 17.7 Å². The van der Waals surface area contributed by atoms with Gasteiger partial charge in [-0.25, -0.2) is 0 Å². The molecular formula is C15H31NO2S. The number of hydrogen-bond donors (Lipinski definition) is 1. The van der Waals surface area contributed by atoms with E-state index in [0.717, 1.165) is 32.2 Å². The summed E-state index contributed by atoms with van der Waals surface area (Å²) < 4.78 is 5.19. The lowest BCUT2D eigenvalue weighted by Crippen LogP contribution is -2.50. The number of nitrogens with one attached hydrogen (secondary N) is 1. The summed E-state index contributed by atoms with van der Waals surface area (Å²) in [5.74, 6) is 1.06. The Labute approximate surface area is 123 Å². The number of esters is 1. The van der Waals surface area contributed by atoms with Gasteiger partial charge >= 0.3 is 5.97 Å². The summed E-state index contributed by atoms with van der Waals surface area (Å²) >= 11 is 1.98. The largest absolute Gasteiger partial charge is 0.465 e. The summed E-state index contributed by atoms with van der Waals surface area (Å²) in [6.07, 6.45) is 4.10. The zero-order valence-electron chi connectivity index (χ0n) is 13.3. The fourth-order valence-electron chi connectivity index (χ4n) is 1.85. The second-order valence-corrected chi connectivity index (χ2v) is 7.04. The van der Waals surface area contributed by atoms with Crippen molar-refractivity contribution in [2.24, 2.45) is 0 Å². The first-order valence-corrected chi connectivity index (χ1v) is 8.55. The van der Waals surface area contributed by atoms with Gasteiger partial charge < -0.3 is 10.1 Å². The summed E-state index contributed by atoms with van der Waals surface area (Å²) in [6, 6.07) is 0. The fraction of sp³-hybridized carbons (Fsp3) is 0.933. The molecule has 0 bridgehead atoms. The lowest BCUT2D eigenvalue weighted by molar-refractivity contribution is -0.150. The lowest BCUT2D eigenvalue weighted by atomic mass is 9.95. The average Bonchev–Trinajstić information content (AvgIpc) is 2.36. The highest BCUT2D eigenvalue weighted by molar-refractivity contribution is 7.99. The van der Waals surface area contributed by atoms with Crippen LogP contribution in [0.25, 0.3) is 0 Å². The molecule has 3 nitrogen and oxygen atoms in total. The van der Waals surface area contributed by atoms with Crippen LogP contribution in [0.5, 0.6) is 0 Å². The maximum Gasteiger partial charge on any atom is 0.326 e. The molecule has 0 aliphatic carbocycles. The standard InChI is InChI=1S/C15H31NO2S/c1-6-11-16-15(5,14(17)18-7-2)10-8-9-12-19-13(3)4/h13,16H,6-12H2,1-5H3. The van der Waals surface area contributed by atoms with E-state index in [4.69, 9.17) is 4.74 Å². The molecule has 19 heavy (non-hydrogen) atoms. The minimum Gasteiger partial charge on any atom is -0.465 e. The first kappa shape index (κ1) is 18.8. The second-order valence-electron chi connectivity index (χ2n) is 5.36. The van der Waals surface area contributed by atoms with Crippen molar-refractivity contribution in [1.29, 1.82) is 0 Å². The van der Waals surface area contributed by atoms with Gasteiger partial charge in [-0.1, -0.05) is 27.2 Å². The Kier molecular flexibility index (Phi) is 10.4. The van der Waals surface area contributed by atoms with Gasteiger partial charge in [0.15, 0.2) is 0 Å². The van der Waals surface area contributed by atoms with Gasteiger partial charge in [0.1, 0.15) is 5.54 Å². The predicted octanol–water partition coefficient (Wildman–Crippen LogP) is 3.62. The number of thioether (sulfide) groups is 1. The Bertz CT molecular complexity index is 246. The second kappa shape index (κ2) is 10.6. The molecule has 1 unspecified atom stereocenters. The lowest BCUT2D eigenvalue weighted by Gasteiger charge is -2.28. The Morgan fingerprint density at radius 2 is 2.00 bits per heavy atom. The normalized spacial score (nSPS) is 14.4. The van der Waals surface area contributed by atoms with Crippen molar-refractivity contribution in [3.63, 3.8) is 0 Å². The highest BCUT2D eigenvalue weighted by Gasteiger charge is 2.33. The van der Waals surface area contributed by atoms with E-state index in [2.05, 4.69) is 26.1 Å². The number of carbonyl (C=O) groups is 1. The minimum atomic E-state index is -0.519. The Balaban J connectivity index is 4.15. The third-order valence-electron chi connectivity index (χ3n) is 3.01. The van der Waals surface area contributed by atoms with E-state index in [1.165, 1.54) is 5.75 Å². The molecule has 0 saturated heterocycles. The van der Waals surface area contributed by atoms with Gasteiger partial charge in [-0.2, -0.15) is 11.8 Å². The van der Waals surface area contributed by atoms with Crippen LogP contribution in [-0.4, -0.2) is 35.7 Å². The molecule has 0 aromatic carbocycles. The molecular weight excluding hydrogens is 258 g/mol. The van der Waals surface area contributed by atoms with Crippen LogP contribution in [0, 0.1) is 0 Å². The Morgan fingerprint density at radius 1 is 1.32 bits per heavy atom. The summed E-state index contributed by atoms with van der Waals surface area (Å²) in [4.78, 5) is 12.1. The van der Waals surface area contributed by atoms with Crippen LogP contribution in [0.2, 0.25) is 0 Å². The molecule has 4 heteroatoms. The van der Waals surface area contributed by atoms with Crippen molar-refractivity contribution in [2.45, 2.75) is 71.1 Å². The van der Waals surface area contributed by atoms with Crippen LogP contribution in [0.4, 0.5) is 0 Å². The van der Waals surface area contributed by atoms with Crippen LogP contribution in [0.15, 0.2) is 0 Å². The maximum absolute atomic E-state index is 12.1. The molecule has 1 atom stereocenters. The first-order valence-electron chi connectivity index (χ1n) is 7.50. The van der Waals surface area contributed by atoms with E-state index >= 15 is 0 Å². The van der Waals surface area contributed by atoms with Crippen LogP contribution >= 0.6 is 11.8 Å². The van der Waals surface area contributed by atoms with Crippen molar-refractivity contribution in [3.05, 3.63) is 0 Å². The van der Waals surface area contributed by atoms with E-state index < -0.39 is 5.54 Å². The molecule has 0 fully saturated rings. The van der Waals surface area contributed by atoms with Gasteiger partial charge in [-0.3, -0.25) is 4.79 Å². The topological polar surface area (TPSA) is 38.3 Å². The molecule has 0 aromatic rings. The van der Waals surface area contributed by atoms with Crippen LogP contribution in [-0.2, 0) is 9.53 Å². The van der Waals surface area contributed by atoms with Gasteiger partial charge in [0.25, 0.3) is 0 Å². The van der Waals surface area contributed by atoms with Crippen molar-refractivity contribution in [3.8, 4) is 0 Å². The van der Waals surface area contributed by atoms with E-state index in [0.29, 0.717) is 11.9 Å². The van der Waals surface area contributed by atoms with Gasteiger partial charge in [0.05, 0.1) is 6.61 Å². The molecule has 0 saturated carbocycles. The highest BCUT2D eigenvalue weighted by atomic mass is 32.2. The number of rotatable bonds is 11. The smallest absolute Gasteiger partial charge is 0.326 e. The van der Waals surface area contributed by atoms with Crippen molar-refractivity contribution in [1.82, 2.24) is 5.32 Å². The molecule has 0 rings (SSSR count). The number of unbranched alkanes of at least 4 members (excludes halogenated alkanes) is 1. The zero-order valence-corrected chi connectivity index (χ0v) is 14.1. The highest BCUT2D eigenvalue weighted by Crippen LogP contribution is 2.19. The molecule has 0 aliphatic heterocycles. The molecule has 0 spiro atoms. The van der Waals surface area contributed by atoms with Gasteiger partial charge in [-0.05, 0) is 50.7 Å². The number of hydrogen-bond acceptors (Lipinski definition) is 4. The third-order valence-corrected chi connectivity index (χ3v) is 4.20. The quantitative estimate of drug-likeness (QED) is 0.466. The molecule has 1 N–H and O–H groups in total. The fourth-order valence-corrected chi connectivity index (χ4v) is 2.70. The van der Waals surface area contributed by atoms with Crippen LogP contribution in [0.3, 0.4) is 0 Å². The number of carbonyl (C=O) groups excluding carboxylic acids is 1. The molecule has 0 aliphatic rings. The Hall–Kier alpha value is -0.220. The SMILES string of the molecule is CCCNC(C)(CCCCSC(C)C)C(=O)OCC. The van der Waals surface area contributed by atoms with E-state index in [9.17, 15) is 4.79 Å². The van der Waals surface area contributed by atoms with Crippen molar-refractivity contribution < 1.29 is 9.53 Å². The summed E-state index contributed by atoms with van der Waals surface area (Å²) in [5.41, 5.74) is -0.519. The minimum absolute atomic E-state index is 0.111. The van der Waals surface area contributed by atoms with E-state index in [1.807, 2.05) is 25.6 Å². The Morgan fingerprint density at radius 3 is 2.53 bits per heavy atom. The van der Waals surface area contributed by atoms with Gasteiger partial charge in [-0.15, -0.1) is 0 Å². The molecule has 0 amide bonds. The van der Waals surface area contributed by atoms with E-state index in [-0.39, 0.29) is 5.97 Å². The monoisotopic (exact) mass is 289 g/mol. The van der Waals surface area contributed by atoms with Crippen molar-refractivity contribution in [2.75, 3.05) is 18.9 Å². The zero-order chi connectivity index (χ0) is 14.7. The third kappa shape index (κ3) is 8.53. The molecule has 114 valence electrons. The molecule has 0 aromatic heterocycles. The molecule has 0 heterocycles. The van der Waals surface area contributed by atoms with E-state index in [1.54, 1.807) is 0 Å². The first-order chi connectivity index (χ1) is 8.96. The summed E-state index contributed by atoms with van der Waals surface area (Å²) in [6.45, 7) is 11.7. The van der Waals surface area contributed by atoms with Crippen LogP contribution in [0.1, 0.15) is 60.3 Å². The van der Waals surface area contributed by atoms with Crippen LogP contribution < -0.4 is 5.32 Å². The average molecular weight is 289 g/mol. The molecule has 0 radical (unpaired) electrons. The summed E-state index contributed by atoms with van der Waals surface area (Å²) in [7, 11) is 0. The van der Waals surface area contributed by atoms with Gasteiger partial charge in [0.2, 0.25) is 0 Å². The maximum atomic E-state index is 12.1. The number of ether oxygens (including phenoxy) is 1. The summed E-state index contributed by atoms with van der Waals surface area (Å²) in [5, 5.41) is 4.04. The predicted molar refractivity (Wildman–Crippen MR) is 84.8 cm³/mol.